The molecular formula is C22H22FN3O5S. The third kappa shape index (κ3) is 4.16. The lowest BCUT2D eigenvalue weighted by molar-refractivity contribution is 0.154. The van der Waals surface area contributed by atoms with Crippen LogP contribution in [0.1, 0.15) is 33.9 Å². The molecule has 0 fully saturated rings. The van der Waals surface area contributed by atoms with Crippen LogP contribution in [0.15, 0.2) is 54.9 Å². The first-order chi connectivity index (χ1) is 15.3. The van der Waals surface area contributed by atoms with Crippen LogP contribution in [-0.2, 0) is 23.1 Å². The molecule has 0 saturated heterocycles. The van der Waals surface area contributed by atoms with E-state index in [1.807, 2.05) is 0 Å². The average molecular weight is 459 g/mol. The molecule has 0 bridgehead atoms. The molecule has 0 saturated carbocycles. The number of hydrogen-bond donors (Lipinski definition) is 1. The summed E-state index contributed by atoms with van der Waals surface area (Å²) in [4.78, 5) is 7.60. The van der Waals surface area contributed by atoms with E-state index >= 15 is 0 Å². The van der Waals surface area contributed by atoms with Crippen molar-refractivity contribution in [2.75, 3.05) is 14.2 Å². The Balaban J connectivity index is 1.77. The van der Waals surface area contributed by atoms with Gasteiger partial charge in [0.2, 0.25) is 10.0 Å². The van der Waals surface area contributed by atoms with E-state index in [-0.39, 0.29) is 18.9 Å². The lowest BCUT2D eigenvalue weighted by atomic mass is 9.99. The Morgan fingerprint density at radius 2 is 1.72 bits per heavy atom. The molecule has 1 aromatic heterocycles. The lowest BCUT2D eigenvalue weighted by Crippen LogP contribution is -2.41. The Morgan fingerprint density at radius 1 is 1.09 bits per heavy atom. The predicted octanol–water partition coefficient (Wildman–Crippen LogP) is 2.75. The molecule has 4 rings (SSSR count). The van der Waals surface area contributed by atoms with Gasteiger partial charge in [-0.05, 0) is 41.0 Å². The summed E-state index contributed by atoms with van der Waals surface area (Å²) in [7, 11) is -1.02. The second-order valence-corrected chi connectivity index (χ2v) is 9.40. The summed E-state index contributed by atoms with van der Waals surface area (Å²) < 4.78 is 52.3. The van der Waals surface area contributed by atoms with E-state index in [1.165, 1.54) is 11.4 Å². The van der Waals surface area contributed by atoms with E-state index in [0.717, 1.165) is 23.5 Å². The first-order valence-electron chi connectivity index (χ1n) is 9.77. The zero-order chi connectivity index (χ0) is 22.9. The minimum Gasteiger partial charge on any atom is -0.497 e. The Kier molecular flexibility index (Phi) is 6.09. The summed E-state index contributed by atoms with van der Waals surface area (Å²) >= 11 is 0. The number of fused-ring (bicyclic) bond motifs is 1. The van der Waals surface area contributed by atoms with Gasteiger partial charge in [-0.2, -0.15) is 4.31 Å². The Hall–Kier alpha value is -3.08. The van der Waals surface area contributed by atoms with Crippen LogP contribution in [0.5, 0.6) is 11.5 Å². The van der Waals surface area contributed by atoms with E-state index < -0.39 is 27.2 Å². The van der Waals surface area contributed by atoms with Crippen LogP contribution in [0.3, 0.4) is 0 Å². The van der Waals surface area contributed by atoms with Gasteiger partial charge in [0.25, 0.3) is 0 Å². The first kappa shape index (κ1) is 22.1. The van der Waals surface area contributed by atoms with Gasteiger partial charge < -0.3 is 14.6 Å². The van der Waals surface area contributed by atoms with Crippen LogP contribution in [-0.4, -0.2) is 42.0 Å². The lowest BCUT2D eigenvalue weighted by Gasteiger charge is -2.36. The minimum absolute atomic E-state index is 0.102. The highest BCUT2D eigenvalue weighted by atomic mass is 32.2. The Labute approximate surface area is 185 Å². The molecule has 1 aliphatic heterocycles. The van der Waals surface area contributed by atoms with Gasteiger partial charge in [0.05, 0.1) is 26.6 Å². The van der Waals surface area contributed by atoms with Crippen molar-refractivity contribution in [3.05, 3.63) is 83.2 Å². The summed E-state index contributed by atoms with van der Waals surface area (Å²) in [6.07, 6.45) is 0.177. The summed E-state index contributed by atoms with van der Waals surface area (Å²) in [6, 6.07) is 12.2. The van der Waals surface area contributed by atoms with Crippen LogP contribution < -0.4 is 9.47 Å². The van der Waals surface area contributed by atoms with E-state index in [2.05, 4.69) is 9.97 Å². The Bertz CT molecular complexity index is 1200. The van der Waals surface area contributed by atoms with Crippen molar-refractivity contribution in [1.29, 1.82) is 0 Å². The molecule has 168 valence electrons. The highest BCUT2D eigenvalue weighted by Gasteiger charge is 2.45. The number of benzene rings is 2. The predicted molar refractivity (Wildman–Crippen MR) is 114 cm³/mol. The van der Waals surface area contributed by atoms with Crippen molar-refractivity contribution in [3.63, 3.8) is 0 Å². The molecule has 32 heavy (non-hydrogen) atoms. The van der Waals surface area contributed by atoms with E-state index in [1.54, 1.807) is 49.6 Å². The monoisotopic (exact) mass is 459 g/mol. The van der Waals surface area contributed by atoms with E-state index in [9.17, 15) is 17.9 Å². The number of aromatic nitrogens is 2. The Morgan fingerprint density at radius 3 is 2.34 bits per heavy atom. The normalized spacial score (nSPS) is 18.6. The van der Waals surface area contributed by atoms with Crippen LogP contribution >= 0.6 is 0 Å². The van der Waals surface area contributed by atoms with Crippen molar-refractivity contribution in [3.8, 4) is 11.5 Å². The highest BCUT2D eigenvalue weighted by Crippen LogP contribution is 2.44. The molecule has 10 heteroatoms. The topological polar surface area (TPSA) is 102 Å². The van der Waals surface area contributed by atoms with Crippen molar-refractivity contribution in [1.82, 2.24) is 14.3 Å². The molecule has 0 spiro atoms. The maximum atomic E-state index is 13.7. The third-order valence-electron chi connectivity index (χ3n) is 5.40. The average Bonchev–Trinajstić information content (AvgIpc) is 2.79. The maximum absolute atomic E-state index is 13.7. The molecule has 2 atom stereocenters. The van der Waals surface area contributed by atoms with Crippen LogP contribution in [0.25, 0.3) is 0 Å². The summed E-state index contributed by atoms with van der Waals surface area (Å²) in [6.45, 7) is 0.229. The molecule has 0 aliphatic carbocycles. The van der Waals surface area contributed by atoms with Crippen molar-refractivity contribution >= 4 is 10.0 Å². The molecule has 0 unspecified atom stereocenters. The van der Waals surface area contributed by atoms with Crippen molar-refractivity contribution in [2.45, 2.75) is 24.4 Å². The molecule has 8 nitrogen and oxygen atoms in total. The van der Waals surface area contributed by atoms with Gasteiger partial charge >= 0.3 is 0 Å². The molecule has 2 heterocycles. The number of hydrogen-bond acceptors (Lipinski definition) is 7. The van der Waals surface area contributed by atoms with Gasteiger partial charge in [-0.1, -0.05) is 18.2 Å². The molecule has 0 amide bonds. The summed E-state index contributed by atoms with van der Waals surface area (Å²) in [5.74, 6) is 0.255. The van der Waals surface area contributed by atoms with Crippen LogP contribution in [0.4, 0.5) is 4.39 Å². The van der Waals surface area contributed by atoms with E-state index in [4.69, 9.17) is 9.47 Å². The van der Waals surface area contributed by atoms with Crippen molar-refractivity contribution < 1.29 is 27.4 Å². The zero-order valence-electron chi connectivity index (χ0n) is 17.5. The smallest absolute Gasteiger partial charge is 0.224 e. The minimum atomic E-state index is -4.05. The second kappa shape index (κ2) is 8.81. The molecule has 3 aromatic rings. The number of aliphatic hydroxyl groups excluding tert-OH is 1. The van der Waals surface area contributed by atoms with Gasteiger partial charge in [-0.3, -0.25) is 0 Å². The summed E-state index contributed by atoms with van der Waals surface area (Å²) in [5, 5.41) is 9.64. The van der Waals surface area contributed by atoms with Crippen molar-refractivity contribution in [2.24, 2.45) is 0 Å². The fourth-order valence-electron chi connectivity index (χ4n) is 3.73. The highest BCUT2D eigenvalue weighted by molar-refractivity contribution is 7.89. The fourth-order valence-corrected chi connectivity index (χ4v) is 5.69. The van der Waals surface area contributed by atoms with Gasteiger partial charge in [0.15, 0.2) is 11.6 Å². The van der Waals surface area contributed by atoms with Crippen LogP contribution in [0, 0.1) is 5.82 Å². The quantitative estimate of drug-likeness (QED) is 0.605. The van der Waals surface area contributed by atoms with Gasteiger partial charge in [-0.25, -0.2) is 22.8 Å². The number of ether oxygens (including phenoxy) is 2. The standard InChI is InChI=1S/C22H22FN3O5S/c1-30-17-6-3-14(4-7-17)12-26-13-15-5-8-18(31-2)9-19(15)21(32(26,28)29)20(27)22-24-10-16(23)11-25-22/h3-11,20-21,27H,12-13H2,1-2H3/t20-,21-/m1/s1. The van der Waals surface area contributed by atoms with Crippen LogP contribution in [0.2, 0.25) is 0 Å². The molecule has 1 N–H and O–H groups in total. The molecule has 0 radical (unpaired) electrons. The molecular weight excluding hydrogens is 437 g/mol. The van der Waals surface area contributed by atoms with E-state index in [0.29, 0.717) is 17.1 Å². The fraction of sp³-hybridized carbons (Fsp3) is 0.273. The van der Waals surface area contributed by atoms with Gasteiger partial charge in [0, 0.05) is 13.1 Å². The second-order valence-electron chi connectivity index (χ2n) is 7.35. The third-order valence-corrected chi connectivity index (χ3v) is 7.53. The van der Waals surface area contributed by atoms with Gasteiger partial charge in [-0.15, -0.1) is 0 Å². The summed E-state index contributed by atoms with van der Waals surface area (Å²) in [5.41, 5.74) is 1.88. The number of sulfonamides is 1. The first-order valence-corrected chi connectivity index (χ1v) is 11.3. The number of rotatable bonds is 6. The SMILES string of the molecule is COc1ccc(CN2Cc3ccc(OC)cc3[C@H]([C@@H](O)c3ncc(F)cn3)S2(=O)=O)cc1. The molecule has 2 aromatic carbocycles. The maximum Gasteiger partial charge on any atom is 0.224 e. The molecule has 1 aliphatic rings. The number of nitrogens with zero attached hydrogens (tertiary/aromatic N) is 3. The largest absolute Gasteiger partial charge is 0.497 e. The number of methoxy groups -OCH3 is 2. The van der Waals surface area contributed by atoms with Gasteiger partial charge in [0.1, 0.15) is 22.9 Å². The number of aliphatic hydroxyl groups is 1. The zero-order valence-corrected chi connectivity index (χ0v) is 18.3. The number of halogens is 1.